The van der Waals surface area contributed by atoms with E-state index in [0.29, 0.717) is 6.42 Å². The molecule has 0 heterocycles. The predicted octanol–water partition coefficient (Wildman–Crippen LogP) is 1.96. The highest BCUT2D eigenvalue weighted by Gasteiger charge is 2.20. The van der Waals surface area contributed by atoms with Gasteiger partial charge in [-0.05, 0) is 12.0 Å². The van der Waals surface area contributed by atoms with Gasteiger partial charge in [0.1, 0.15) is 5.25 Å². The van der Waals surface area contributed by atoms with Gasteiger partial charge >= 0.3 is 5.97 Å². The smallest absolute Gasteiger partial charge is 0.317 e. The fourth-order valence-corrected chi connectivity index (χ4v) is 1.99. The van der Waals surface area contributed by atoms with E-state index in [4.69, 9.17) is 5.11 Å². The Morgan fingerprint density at radius 2 is 1.93 bits per heavy atom. The highest BCUT2D eigenvalue weighted by atomic mass is 32.2. The molecule has 0 aromatic heterocycles. The molecule has 0 bridgehead atoms. The predicted molar refractivity (Wildman–Crippen MR) is 59.8 cm³/mol. The first-order valence-corrected chi connectivity index (χ1v) is 5.41. The van der Waals surface area contributed by atoms with Gasteiger partial charge in [-0.1, -0.05) is 42.1 Å². The van der Waals surface area contributed by atoms with E-state index in [9.17, 15) is 9.59 Å². The molecular formula is C11H12O3S. The number of carboxylic acids is 1. The Labute approximate surface area is 92.5 Å². The Bertz CT molecular complexity index is 348. The largest absolute Gasteiger partial charge is 0.480 e. The number of rotatable bonds is 4. The summed E-state index contributed by atoms with van der Waals surface area (Å²) in [5.41, 5.74) is 0.929. The van der Waals surface area contributed by atoms with Crippen LogP contribution in [0.25, 0.3) is 0 Å². The Morgan fingerprint density at radius 3 is 2.40 bits per heavy atom. The summed E-state index contributed by atoms with van der Waals surface area (Å²) in [5, 5.41) is 8.05. The molecule has 80 valence electrons. The summed E-state index contributed by atoms with van der Waals surface area (Å²) in [4.78, 5) is 21.7. The minimum absolute atomic E-state index is 0.168. The molecule has 0 radical (unpaired) electrons. The molecule has 0 saturated heterocycles. The number of hydrogen-bond donors (Lipinski definition) is 1. The lowest BCUT2D eigenvalue weighted by Crippen LogP contribution is -2.20. The number of carbonyl (C=O) groups is 2. The second-order valence-electron chi connectivity index (χ2n) is 3.13. The molecule has 1 rings (SSSR count). The third-order valence-corrected chi connectivity index (χ3v) is 2.83. The molecule has 1 aromatic carbocycles. The zero-order chi connectivity index (χ0) is 11.3. The maximum atomic E-state index is 10.9. The summed E-state index contributed by atoms with van der Waals surface area (Å²) in [6.07, 6.45) is 0.375. The molecule has 3 nitrogen and oxygen atoms in total. The average molecular weight is 224 g/mol. The van der Waals surface area contributed by atoms with Crippen molar-refractivity contribution in [3.63, 3.8) is 0 Å². The van der Waals surface area contributed by atoms with Gasteiger partial charge in [0.15, 0.2) is 5.12 Å². The number of benzene rings is 1. The zero-order valence-electron chi connectivity index (χ0n) is 8.34. The number of aliphatic carboxylic acids is 1. The van der Waals surface area contributed by atoms with E-state index in [1.165, 1.54) is 6.92 Å². The van der Waals surface area contributed by atoms with Crippen LogP contribution < -0.4 is 0 Å². The molecule has 0 spiro atoms. The van der Waals surface area contributed by atoms with Gasteiger partial charge in [-0.3, -0.25) is 9.59 Å². The van der Waals surface area contributed by atoms with Crippen molar-refractivity contribution in [2.24, 2.45) is 0 Å². The fourth-order valence-electron chi connectivity index (χ4n) is 1.21. The van der Waals surface area contributed by atoms with Crippen LogP contribution >= 0.6 is 11.8 Å². The molecule has 1 atom stereocenters. The van der Waals surface area contributed by atoms with Crippen LogP contribution in [-0.2, 0) is 16.0 Å². The summed E-state index contributed by atoms with van der Waals surface area (Å²) in [5.74, 6) is -0.945. The molecule has 1 aromatic rings. The third-order valence-electron chi connectivity index (χ3n) is 1.85. The summed E-state index contributed by atoms with van der Waals surface area (Å²) in [6.45, 7) is 1.38. The number of hydrogen-bond acceptors (Lipinski definition) is 3. The number of carbonyl (C=O) groups excluding carboxylic acids is 1. The minimum Gasteiger partial charge on any atom is -0.480 e. The Balaban J connectivity index is 2.67. The Morgan fingerprint density at radius 1 is 1.33 bits per heavy atom. The van der Waals surface area contributed by atoms with Crippen molar-refractivity contribution in [2.45, 2.75) is 18.6 Å². The second kappa shape index (κ2) is 5.56. The van der Waals surface area contributed by atoms with Crippen LogP contribution in [0.4, 0.5) is 0 Å². The first-order chi connectivity index (χ1) is 7.09. The SMILES string of the molecule is CC(=O)S[C@H](Cc1ccccc1)C(=O)O. The van der Waals surface area contributed by atoms with E-state index in [1.807, 2.05) is 30.3 Å². The molecule has 1 N–H and O–H groups in total. The molecule has 0 saturated carbocycles. The van der Waals surface area contributed by atoms with Crippen LogP contribution in [-0.4, -0.2) is 21.4 Å². The van der Waals surface area contributed by atoms with E-state index in [1.54, 1.807) is 0 Å². The van der Waals surface area contributed by atoms with Gasteiger partial charge in [-0.25, -0.2) is 0 Å². The average Bonchev–Trinajstić information content (AvgIpc) is 2.17. The van der Waals surface area contributed by atoms with Crippen molar-refractivity contribution in [1.29, 1.82) is 0 Å². The standard InChI is InChI=1S/C11H12O3S/c1-8(12)15-10(11(13)14)7-9-5-3-2-4-6-9/h2-6,10H,7H2,1H3,(H,13,14)/t10-/m1/s1. The summed E-state index contributed by atoms with van der Waals surface area (Å²) in [7, 11) is 0. The maximum Gasteiger partial charge on any atom is 0.317 e. The Kier molecular flexibility index (Phi) is 4.37. The van der Waals surface area contributed by atoms with Crippen LogP contribution in [0.3, 0.4) is 0 Å². The lowest BCUT2D eigenvalue weighted by Gasteiger charge is -2.09. The molecule has 0 aliphatic rings. The van der Waals surface area contributed by atoms with Crippen LogP contribution in [0.1, 0.15) is 12.5 Å². The van der Waals surface area contributed by atoms with Gasteiger partial charge in [0.2, 0.25) is 0 Å². The molecule has 0 aliphatic carbocycles. The van der Waals surface area contributed by atoms with Crippen molar-refractivity contribution in [3.8, 4) is 0 Å². The zero-order valence-corrected chi connectivity index (χ0v) is 9.16. The monoisotopic (exact) mass is 224 g/mol. The van der Waals surface area contributed by atoms with Gasteiger partial charge in [0.25, 0.3) is 0 Å². The lowest BCUT2D eigenvalue weighted by atomic mass is 10.1. The van der Waals surface area contributed by atoms with E-state index < -0.39 is 11.2 Å². The van der Waals surface area contributed by atoms with Crippen LogP contribution in [0, 0.1) is 0 Å². The summed E-state index contributed by atoms with van der Waals surface area (Å²) < 4.78 is 0. The second-order valence-corrected chi connectivity index (χ2v) is 4.51. The maximum absolute atomic E-state index is 10.9. The highest BCUT2D eigenvalue weighted by Crippen LogP contribution is 2.17. The first-order valence-electron chi connectivity index (χ1n) is 4.53. The van der Waals surface area contributed by atoms with Crippen molar-refractivity contribution in [2.75, 3.05) is 0 Å². The quantitative estimate of drug-likeness (QED) is 0.849. The normalized spacial score (nSPS) is 12.1. The molecule has 0 aliphatic heterocycles. The molecule has 0 amide bonds. The highest BCUT2D eigenvalue weighted by molar-refractivity contribution is 8.14. The number of thioether (sulfide) groups is 1. The van der Waals surface area contributed by atoms with Gasteiger partial charge in [-0.15, -0.1) is 0 Å². The van der Waals surface area contributed by atoms with Crippen molar-refractivity contribution >= 4 is 22.8 Å². The van der Waals surface area contributed by atoms with Gasteiger partial charge in [0, 0.05) is 6.92 Å². The van der Waals surface area contributed by atoms with Crippen molar-refractivity contribution in [1.82, 2.24) is 0 Å². The van der Waals surface area contributed by atoms with Crippen molar-refractivity contribution < 1.29 is 14.7 Å². The first kappa shape index (κ1) is 11.8. The van der Waals surface area contributed by atoms with Gasteiger partial charge < -0.3 is 5.11 Å². The van der Waals surface area contributed by atoms with E-state index in [2.05, 4.69) is 0 Å². The van der Waals surface area contributed by atoms with Crippen LogP contribution in [0.2, 0.25) is 0 Å². The Hall–Kier alpha value is -1.29. The van der Waals surface area contributed by atoms with E-state index >= 15 is 0 Å². The van der Waals surface area contributed by atoms with Crippen molar-refractivity contribution in [3.05, 3.63) is 35.9 Å². The molecular weight excluding hydrogens is 212 g/mol. The summed E-state index contributed by atoms with van der Waals surface area (Å²) >= 11 is 0.864. The topological polar surface area (TPSA) is 54.4 Å². The van der Waals surface area contributed by atoms with Crippen LogP contribution in [0.15, 0.2) is 30.3 Å². The van der Waals surface area contributed by atoms with Gasteiger partial charge in [0.05, 0.1) is 0 Å². The minimum atomic E-state index is -0.945. The fraction of sp³-hybridized carbons (Fsp3) is 0.273. The molecule has 4 heteroatoms. The third kappa shape index (κ3) is 4.16. The van der Waals surface area contributed by atoms with E-state index in [0.717, 1.165) is 17.3 Å². The van der Waals surface area contributed by atoms with Gasteiger partial charge in [-0.2, -0.15) is 0 Å². The molecule has 0 unspecified atom stereocenters. The number of carboxylic acid groups (broad SMARTS) is 1. The van der Waals surface area contributed by atoms with Crippen LogP contribution in [0.5, 0.6) is 0 Å². The van der Waals surface area contributed by atoms with E-state index in [-0.39, 0.29) is 5.12 Å². The lowest BCUT2D eigenvalue weighted by molar-refractivity contribution is -0.136. The molecule has 0 fully saturated rings. The summed E-state index contributed by atoms with van der Waals surface area (Å²) in [6, 6.07) is 9.30. The molecule has 15 heavy (non-hydrogen) atoms.